The van der Waals surface area contributed by atoms with Gasteiger partial charge < -0.3 is 4.74 Å². The van der Waals surface area contributed by atoms with Gasteiger partial charge in [0.1, 0.15) is 17.6 Å². The van der Waals surface area contributed by atoms with E-state index in [1.165, 1.54) is 0 Å². The first-order valence-electron chi connectivity index (χ1n) is 5.00. The lowest BCUT2D eigenvalue weighted by Gasteiger charge is -2.32. The number of carbonyl (C=O) groups is 1. The minimum Gasteiger partial charge on any atom is -0.482 e. The molecule has 0 saturated carbocycles. The Labute approximate surface area is 89.6 Å². The number of para-hydroxylation sites is 1. The molecule has 0 bridgehead atoms. The maximum Gasteiger partial charge on any atom is 0.150 e. The van der Waals surface area contributed by atoms with Gasteiger partial charge in [-0.15, -0.1) is 0 Å². The Morgan fingerprint density at radius 1 is 1.33 bits per heavy atom. The van der Waals surface area contributed by atoms with Crippen LogP contribution in [0.25, 0.3) is 6.08 Å². The Morgan fingerprint density at radius 3 is 2.73 bits per heavy atom. The van der Waals surface area contributed by atoms with E-state index in [0.717, 1.165) is 23.2 Å². The molecule has 0 spiro atoms. The molecule has 0 unspecified atom stereocenters. The van der Waals surface area contributed by atoms with E-state index >= 15 is 0 Å². The lowest BCUT2D eigenvalue weighted by molar-refractivity contribution is -0.106. The Balaban J connectivity index is 2.61. The Hall–Kier alpha value is -1.57. The number of benzene rings is 1. The van der Waals surface area contributed by atoms with Crippen molar-refractivity contribution in [1.82, 2.24) is 0 Å². The molecule has 0 saturated heterocycles. The first-order chi connectivity index (χ1) is 7.04. The van der Waals surface area contributed by atoms with Gasteiger partial charge in [0.2, 0.25) is 0 Å². The van der Waals surface area contributed by atoms with Crippen molar-refractivity contribution in [1.29, 1.82) is 0 Å². The number of rotatable bonds is 1. The van der Waals surface area contributed by atoms with Crippen LogP contribution in [-0.2, 0) is 4.79 Å². The predicted octanol–water partition coefficient (Wildman–Crippen LogP) is 2.75. The molecule has 0 aromatic heterocycles. The molecule has 2 nitrogen and oxygen atoms in total. The molecule has 2 heteroatoms. The van der Waals surface area contributed by atoms with Crippen LogP contribution in [-0.4, -0.2) is 11.9 Å². The average Bonchev–Trinajstić information content (AvgIpc) is 2.18. The normalized spacial score (nSPS) is 17.4. The molecule has 0 atom stereocenters. The summed E-state index contributed by atoms with van der Waals surface area (Å²) in [5, 5.41) is 0. The highest BCUT2D eigenvalue weighted by molar-refractivity contribution is 5.87. The molecule has 1 aliphatic heterocycles. The molecular weight excluding hydrogens is 188 g/mol. The molecular formula is C13H14O2. The molecule has 15 heavy (non-hydrogen) atoms. The zero-order chi connectivity index (χ0) is 11.1. The van der Waals surface area contributed by atoms with Crippen LogP contribution in [0, 0.1) is 6.92 Å². The van der Waals surface area contributed by atoms with E-state index in [1.807, 2.05) is 45.0 Å². The van der Waals surface area contributed by atoms with E-state index in [9.17, 15) is 4.79 Å². The van der Waals surface area contributed by atoms with Crippen LogP contribution in [0.3, 0.4) is 0 Å². The fourth-order valence-electron chi connectivity index (χ4n) is 1.76. The van der Waals surface area contributed by atoms with Crippen molar-refractivity contribution in [2.75, 3.05) is 0 Å². The van der Waals surface area contributed by atoms with Gasteiger partial charge in [0.15, 0.2) is 0 Å². The molecule has 1 aliphatic rings. The number of carbonyl (C=O) groups excluding carboxylic acids is 1. The Morgan fingerprint density at radius 2 is 2.07 bits per heavy atom. The summed E-state index contributed by atoms with van der Waals surface area (Å²) >= 11 is 0. The van der Waals surface area contributed by atoms with Crippen LogP contribution < -0.4 is 4.74 Å². The molecule has 1 heterocycles. The lowest BCUT2D eigenvalue weighted by atomic mass is 9.92. The van der Waals surface area contributed by atoms with Crippen LogP contribution in [0.15, 0.2) is 23.8 Å². The monoisotopic (exact) mass is 202 g/mol. The van der Waals surface area contributed by atoms with Crippen molar-refractivity contribution in [3.8, 4) is 5.75 Å². The summed E-state index contributed by atoms with van der Waals surface area (Å²) in [7, 11) is 0. The summed E-state index contributed by atoms with van der Waals surface area (Å²) in [5.74, 6) is 0.883. The fourth-order valence-corrected chi connectivity index (χ4v) is 1.76. The molecule has 0 N–H and O–H groups in total. The number of aldehydes is 1. The zero-order valence-corrected chi connectivity index (χ0v) is 9.20. The number of fused-ring (bicyclic) bond motifs is 1. The van der Waals surface area contributed by atoms with Crippen LogP contribution in [0.2, 0.25) is 0 Å². The molecule has 0 aliphatic carbocycles. The van der Waals surface area contributed by atoms with E-state index in [-0.39, 0.29) is 0 Å². The number of ether oxygens (including phenoxy) is 1. The zero-order valence-electron chi connectivity index (χ0n) is 9.20. The maximum atomic E-state index is 10.9. The lowest BCUT2D eigenvalue weighted by Crippen LogP contribution is -2.34. The second-order valence-electron chi connectivity index (χ2n) is 4.32. The van der Waals surface area contributed by atoms with Gasteiger partial charge in [-0.1, -0.05) is 18.2 Å². The van der Waals surface area contributed by atoms with E-state index in [1.54, 1.807) is 0 Å². The highest BCUT2D eigenvalue weighted by Gasteiger charge is 2.30. The summed E-state index contributed by atoms with van der Waals surface area (Å²) in [6, 6.07) is 5.94. The van der Waals surface area contributed by atoms with E-state index in [0.29, 0.717) is 5.57 Å². The average molecular weight is 202 g/mol. The smallest absolute Gasteiger partial charge is 0.150 e. The van der Waals surface area contributed by atoms with E-state index in [2.05, 4.69) is 0 Å². The number of aryl methyl sites for hydroxylation is 1. The third-order valence-corrected chi connectivity index (χ3v) is 2.73. The third kappa shape index (κ3) is 1.56. The van der Waals surface area contributed by atoms with Gasteiger partial charge in [0.05, 0.1) is 0 Å². The molecule has 1 aromatic carbocycles. The second kappa shape index (κ2) is 3.23. The first-order valence-corrected chi connectivity index (χ1v) is 5.00. The molecule has 78 valence electrons. The van der Waals surface area contributed by atoms with Crippen molar-refractivity contribution in [2.24, 2.45) is 0 Å². The van der Waals surface area contributed by atoms with Gasteiger partial charge in [-0.25, -0.2) is 0 Å². The number of hydrogen-bond donors (Lipinski definition) is 0. The van der Waals surface area contributed by atoms with Crippen LogP contribution >= 0.6 is 0 Å². The topological polar surface area (TPSA) is 26.3 Å². The van der Waals surface area contributed by atoms with Crippen LogP contribution in [0.1, 0.15) is 25.0 Å². The minimum atomic E-state index is -0.527. The van der Waals surface area contributed by atoms with Crippen molar-refractivity contribution in [3.63, 3.8) is 0 Å². The summed E-state index contributed by atoms with van der Waals surface area (Å²) in [5.41, 5.74) is 2.24. The fraction of sp³-hybridized carbons (Fsp3) is 0.308. The quantitative estimate of drug-likeness (QED) is 0.654. The molecule has 1 aromatic rings. The maximum absolute atomic E-state index is 10.9. The van der Waals surface area contributed by atoms with Gasteiger partial charge in [-0.05, 0) is 32.4 Å². The van der Waals surface area contributed by atoms with E-state index in [4.69, 9.17) is 4.74 Å². The first kappa shape index (κ1) is 9.97. The standard InChI is InChI=1S/C13H14O2/c1-9-5-4-6-10-7-11(8-14)13(2,3)15-12(9)10/h4-8H,1-3H3. The molecule has 2 rings (SSSR count). The predicted molar refractivity (Wildman–Crippen MR) is 59.9 cm³/mol. The van der Waals surface area contributed by atoms with Gasteiger partial charge >= 0.3 is 0 Å². The summed E-state index contributed by atoms with van der Waals surface area (Å²) in [6.07, 6.45) is 2.77. The van der Waals surface area contributed by atoms with E-state index < -0.39 is 5.60 Å². The van der Waals surface area contributed by atoms with Gasteiger partial charge in [-0.3, -0.25) is 4.79 Å². The Bertz CT molecular complexity index is 442. The van der Waals surface area contributed by atoms with Gasteiger partial charge in [0, 0.05) is 11.1 Å². The largest absolute Gasteiger partial charge is 0.482 e. The molecule has 0 fully saturated rings. The highest BCUT2D eigenvalue weighted by atomic mass is 16.5. The third-order valence-electron chi connectivity index (χ3n) is 2.73. The van der Waals surface area contributed by atoms with Crippen molar-refractivity contribution >= 4 is 12.4 Å². The van der Waals surface area contributed by atoms with Crippen molar-refractivity contribution in [2.45, 2.75) is 26.4 Å². The second-order valence-corrected chi connectivity index (χ2v) is 4.32. The van der Waals surface area contributed by atoms with Crippen LogP contribution in [0.4, 0.5) is 0 Å². The minimum absolute atomic E-state index is 0.527. The molecule has 0 amide bonds. The van der Waals surface area contributed by atoms with Gasteiger partial charge in [0.25, 0.3) is 0 Å². The van der Waals surface area contributed by atoms with Crippen LogP contribution in [0.5, 0.6) is 5.75 Å². The highest BCUT2D eigenvalue weighted by Crippen LogP contribution is 2.36. The van der Waals surface area contributed by atoms with Gasteiger partial charge in [-0.2, -0.15) is 0 Å². The van der Waals surface area contributed by atoms with Crippen molar-refractivity contribution < 1.29 is 9.53 Å². The summed E-state index contributed by atoms with van der Waals surface area (Å²) in [6.45, 7) is 5.82. The summed E-state index contributed by atoms with van der Waals surface area (Å²) < 4.78 is 5.85. The molecule has 0 radical (unpaired) electrons. The number of hydrogen-bond acceptors (Lipinski definition) is 2. The SMILES string of the molecule is Cc1cccc2c1OC(C)(C)C(C=O)=C2. The van der Waals surface area contributed by atoms with Crippen molar-refractivity contribution in [3.05, 3.63) is 34.9 Å². The Kier molecular flexibility index (Phi) is 2.14. The summed E-state index contributed by atoms with van der Waals surface area (Å²) in [4.78, 5) is 10.9.